The summed E-state index contributed by atoms with van der Waals surface area (Å²) in [6, 6.07) is 6.72. The van der Waals surface area contributed by atoms with Gasteiger partial charge in [0.1, 0.15) is 5.82 Å². The van der Waals surface area contributed by atoms with Gasteiger partial charge in [0.15, 0.2) is 0 Å². The van der Waals surface area contributed by atoms with Crippen LogP contribution in [0.25, 0.3) is 11.1 Å². The molecule has 2 aromatic rings. The minimum Gasteiger partial charge on any atom is -0.353 e. The van der Waals surface area contributed by atoms with Gasteiger partial charge in [0, 0.05) is 34.5 Å². The van der Waals surface area contributed by atoms with Crippen LogP contribution in [0.4, 0.5) is 10.3 Å². The van der Waals surface area contributed by atoms with Crippen molar-refractivity contribution >= 4 is 21.9 Å². The number of rotatable bonds is 4. The van der Waals surface area contributed by atoms with Crippen LogP contribution in [-0.2, 0) is 0 Å². The van der Waals surface area contributed by atoms with E-state index in [-0.39, 0.29) is 5.82 Å². The summed E-state index contributed by atoms with van der Waals surface area (Å²) in [6.45, 7) is 0.487. The van der Waals surface area contributed by atoms with Gasteiger partial charge in [-0.25, -0.2) is 14.4 Å². The minimum absolute atomic E-state index is 0.322. The van der Waals surface area contributed by atoms with E-state index >= 15 is 0 Å². The van der Waals surface area contributed by atoms with Gasteiger partial charge in [-0.2, -0.15) is 5.26 Å². The van der Waals surface area contributed by atoms with E-state index in [1.165, 1.54) is 6.07 Å². The summed E-state index contributed by atoms with van der Waals surface area (Å²) < 4.78 is 14.5. The highest BCUT2D eigenvalue weighted by atomic mass is 79.9. The third-order valence-electron chi connectivity index (χ3n) is 2.41. The Hall–Kier alpha value is -2.00. The molecular weight excluding hydrogens is 311 g/mol. The van der Waals surface area contributed by atoms with Crippen LogP contribution in [0.15, 0.2) is 35.1 Å². The van der Waals surface area contributed by atoms with E-state index in [1.807, 2.05) is 6.07 Å². The second-order valence-corrected chi connectivity index (χ2v) is 4.67. The standard InChI is InChI=1S/C13H10BrFN4/c14-10-2-3-12(15)11(6-10)9-7-18-13(19-8-9)17-5-1-4-16/h2-3,6-8H,1,5H2,(H,17,18,19). The van der Waals surface area contributed by atoms with Crippen LogP contribution >= 0.6 is 15.9 Å². The van der Waals surface area contributed by atoms with Crippen molar-refractivity contribution in [3.63, 3.8) is 0 Å². The second kappa shape index (κ2) is 6.25. The monoisotopic (exact) mass is 320 g/mol. The Balaban J connectivity index is 2.18. The summed E-state index contributed by atoms with van der Waals surface area (Å²) in [7, 11) is 0. The van der Waals surface area contributed by atoms with E-state index in [1.54, 1.807) is 24.5 Å². The van der Waals surface area contributed by atoms with Crippen molar-refractivity contribution in [3.8, 4) is 17.2 Å². The predicted molar refractivity (Wildman–Crippen MR) is 73.8 cm³/mol. The van der Waals surface area contributed by atoms with Crippen molar-refractivity contribution in [2.24, 2.45) is 0 Å². The molecule has 1 aromatic carbocycles. The lowest BCUT2D eigenvalue weighted by Crippen LogP contribution is -2.04. The Morgan fingerprint density at radius 2 is 2.05 bits per heavy atom. The first-order chi connectivity index (χ1) is 9.20. The topological polar surface area (TPSA) is 61.6 Å². The number of nitrogens with zero attached hydrogens (tertiary/aromatic N) is 3. The van der Waals surface area contributed by atoms with Crippen molar-refractivity contribution < 1.29 is 4.39 Å². The molecule has 0 fully saturated rings. The Morgan fingerprint density at radius 3 is 2.74 bits per heavy atom. The van der Waals surface area contributed by atoms with Gasteiger partial charge in [-0.15, -0.1) is 0 Å². The molecule has 0 aliphatic heterocycles. The molecule has 0 saturated heterocycles. The summed E-state index contributed by atoms with van der Waals surface area (Å²) in [5, 5.41) is 11.3. The van der Waals surface area contributed by atoms with Crippen molar-refractivity contribution in [2.45, 2.75) is 6.42 Å². The Bertz CT molecular complexity index is 607. The molecule has 0 radical (unpaired) electrons. The SMILES string of the molecule is N#CCCNc1ncc(-c2cc(Br)ccc2F)cn1. The van der Waals surface area contributed by atoms with Gasteiger partial charge in [0.25, 0.3) is 0 Å². The highest BCUT2D eigenvalue weighted by Gasteiger charge is 2.07. The lowest BCUT2D eigenvalue weighted by atomic mass is 10.1. The van der Waals surface area contributed by atoms with Gasteiger partial charge in [-0.3, -0.25) is 0 Å². The normalized spacial score (nSPS) is 9.95. The molecule has 1 aromatic heterocycles. The maximum absolute atomic E-state index is 13.7. The van der Waals surface area contributed by atoms with Crippen molar-refractivity contribution in [3.05, 3.63) is 40.9 Å². The number of aromatic nitrogens is 2. The van der Waals surface area contributed by atoms with Crippen LogP contribution in [0.5, 0.6) is 0 Å². The third-order valence-corrected chi connectivity index (χ3v) is 2.90. The van der Waals surface area contributed by atoms with Crippen LogP contribution in [0.1, 0.15) is 6.42 Å². The fraction of sp³-hybridized carbons (Fsp3) is 0.154. The molecule has 0 bridgehead atoms. The van der Waals surface area contributed by atoms with Gasteiger partial charge >= 0.3 is 0 Å². The van der Waals surface area contributed by atoms with E-state index in [2.05, 4.69) is 31.2 Å². The zero-order chi connectivity index (χ0) is 13.7. The molecule has 19 heavy (non-hydrogen) atoms. The van der Waals surface area contributed by atoms with Crippen LogP contribution in [0, 0.1) is 17.1 Å². The first-order valence-corrected chi connectivity index (χ1v) is 6.38. The lowest BCUT2D eigenvalue weighted by Gasteiger charge is -2.05. The van der Waals surface area contributed by atoms with Crippen LogP contribution in [0.3, 0.4) is 0 Å². The number of hydrogen-bond donors (Lipinski definition) is 1. The van der Waals surface area contributed by atoms with E-state index < -0.39 is 0 Å². The molecule has 0 aliphatic carbocycles. The zero-order valence-corrected chi connectivity index (χ0v) is 11.5. The fourth-order valence-corrected chi connectivity index (χ4v) is 1.87. The maximum Gasteiger partial charge on any atom is 0.222 e. The number of hydrogen-bond acceptors (Lipinski definition) is 4. The van der Waals surface area contributed by atoms with Crippen molar-refractivity contribution in [1.82, 2.24) is 9.97 Å². The van der Waals surface area contributed by atoms with Crippen LogP contribution in [0.2, 0.25) is 0 Å². The van der Waals surface area contributed by atoms with E-state index in [9.17, 15) is 4.39 Å². The molecule has 1 heterocycles. The lowest BCUT2D eigenvalue weighted by molar-refractivity contribution is 0.631. The molecule has 2 rings (SSSR count). The molecule has 4 nitrogen and oxygen atoms in total. The molecule has 0 atom stereocenters. The van der Waals surface area contributed by atoms with Gasteiger partial charge in [0.05, 0.1) is 12.5 Å². The van der Waals surface area contributed by atoms with Gasteiger partial charge in [-0.05, 0) is 18.2 Å². The number of nitriles is 1. The average Bonchev–Trinajstić information content (AvgIpc) is 2.43. The minimum atomic E-state index is -0.322. The summed E-state index contributed by atoms with van der Waals surface area (Å²) in [4.78, 5) is 8.17. The summed E-state index contributed by atoms with van der Waals surface area (Å²) in [5.41, 5.74) is 1.04. The van der Waals surface area contributed by atoms with E-state index in [4.69, 9.17) is 5.26 Å². The third kappa shape index (κ3) is 3.48. The highest BCUT2D eigenvalue weighted by Crippen LogP contribution is 2.25. The van der Waals surface area contributed by atoms with Crippen molar-refractivity contribution in [1.29, 1.82) is 5.26 Å². The smallest absolute Gasteiger partial charge is 0.222 e. The molecule has 0 amide bonds. The zero-order valence-electron chi connectivity index (χ0n) is 9.90. The second-order valence-electron chi connectivity index (χ2n) is 3.75. The van der Waals surface area contributed by atoms with E-state index in [0.29, 0.717) is 30.0 Å². The summed E-state index contributed by atoms with van der Waals surface area (Å²) in [6.07, 6.45) is 3.48. The Labute approximate surface area is 118 Å². The Morgan fingerprint density at radius 1 is 1.32 bits per heavy atom. The number of anilines is 1. The van der Waals surface area contributed by atoms with Gasteiger partial charge < -0.3 is 5.32 Å². The quantitative estimate of drug-likeness (QED) is 0.877. The van der Waals surface area contributed by atoms with Gasteiger partial charge in [-0.1, -0.05) is 15.9 Å². The largest absolute Gasteiger partial charge is 0.353 e. The fourth-order valence-electron chi connectivity index (χ4n) is 1.51. The molecule has 0 saturated carbocycles. The predicted octanol–water partition coefficient (Wildman–Crippen LogP) is 3.37. The number of nitrogens with one attached hydrogen (secondary N) is 1. The molecule has 6 heteroatoms. The first-order valence-electron chi connectivity index (χ1n) is 5.59. The molecule has 0 unspecified atom stereocenters. The van der Waals surface area contributed by atoms with Crippen LogP contribution in [-0.4, -0.2) is 16.5 Å². The van der Waals surface area contributed by atoms with Crippen LogP contribution < -0.4 is 5.32 Å². The molecular formula is C13H10BrFN4. The number of halogens is 2. The number of benzene rings is 1. The first kappa shape index (κ1) is 13.4. The summed E-state index contributed by atoms with van der Waals surface area (Å²) >= 11 is 3.30. The summed E-state index contributed by atoms with van der Waals surface area (Å²) in [5.74, 6) is 0.103. The van der Waals surface area contributed by atoms with Gasteiger partial charge in [0.2, 0.25) is 5.95 Å². The van der Waals surface area contributed by atoms with Crippen molar-refractivity contribution in [2.75, 3.05) is 11.9 Å². The molecule has 0 spiro atoms. The Kier molecular flexibility index (Phi) is 4.42. The molecule has 0 aliphatic rings. The molecule has 96 valence electrons. The highest BCUT2D eigenvalue weighted by molar-refractivity contribution is 9.10. The average molecular weight is 321 g/mol. The van der Waals surface area contributed by atoms with E-state index in [0.717, 1.165) is 4.47 Å². The molecule has 1 N–H and O–H groups in total. The maximum atomic E-state index is 13.7.